The van der Waals surface area contributed by atoms with Gasteiger partial charge in [-0.25, -0.2) is 4.79 Å². The Bertz CT molecular complexity index is 695. The number of hydrogen-bond donors (Lipinski definition) is 2. The molecule has 1 atom stereocenters. The number of anilines is 1. The largest absolute Gasteiger partial charge is 0.350 e. The van der Waals surface area contributed by atoms with Gasteiger partial charge >= 0.3 is 6.03 Å². The van der Waals surface area contributed by atoms with Crippen molar-refractivity contribution in [2.24, 2.45) is 5.41 Å². The first kappa shape index (κ1) is 22.3. The van der Waals surface area contributed by atoms with Gasteiger partial charge in [0.05, 0.1) is 18.8 Å². The third-order valence-corrected chi connectivity index (χ3v) is 5.14. The van der Waals surface area contributed by atoms with Crippen LogP contribution in [-0.2, 0) is 15.0 Å². The van der Waals surface area contributed by atoms with Gasteiger partial charge < -0.3 is 19.4 Å². The zero-order chi connectivity index (χ0) is 20.8. The fraction of sp³-hybridized carbons (Fsp3) is 0.714. The summed E-state index contributed by atoms with van der Waals surface area (Å²) < 4.78 is 13.4. The second-order valence-corrected chi connectivity index (χ2v) is 8.73. The minimum absolute atomic E-state index is 0.0357. The standard InChI is InChI=1S/C21H34N4O3/c1-6-8-21(5,18-27-11-12-28-18)9-7-10-23-19(26)24-17-13-16(14-22)15-25(17)20(2,3)4/h13,15,18H,6-12H2,1-5H3,(H2,23,24,26)/t21-/m1/s1. The molecule has 0 saturated carbocycles. The molecule has 1 fully saturated rings. The Morgan fingerprint density at radius 3 is 2.54 bits per heavy atom. The van der Waals surface area contributed by atoms with E-state index in [0.717, 1.165) is 25.7 Å². The fourth-order valence-electron chi connectivity index (χ4n) is 3.72. The van der Waals surface area contributed by atoms with Crippen molar-refractivity contribution in [2.45, 2.75) is 72.1 Å². The van der Waals surface area contributed by atoms with Crippen LogP contribution < -0.4 is 10.6 Å². The topological polar surface area (TPSA) is 88.3 Å². The van der Waals surface area contributed by atoms with Crippen molar-refractivity contribution in [3.05, 3.63) is 17.8 Å². The SMILES string of the molecule is CCC[C@](C)(CCCNC(=O)Nc1cc(C#N)cn1C(C)(C)C)C1OCCO1. The van der Waals surface area contributed by atoms with Crippen molar-refractivity contribution < 1.29 is 14.3 Å². The van der Waals surface area contributed by atoms with E-state index in [0.29, 0.717) is 31.1 Å². The highest BCUT2D eigenvalue weighted by molar-refractivity contribution is 5.88. The van der Waals surface area contributed by atoms with Crippen molar-refractivity contribution in [3.8, 4) is 6.07 Å². The lowest BCUT2D eigenvalue weighted by atomic mass is 9.80. The number of hydrogen-bond acceptors (Lipinski definition) is 4. The Hall–Kier alpha value is -2.04. The highest BCUT2D eigenvalue weighted by atomic mass is 16.7. The third kappa shape index (κ3) is 5.73. The average Bonchev–Trinajstić information content (AvgIpc) is 3.28. The van der Waals surface area contributed by atoms with Crippen LogP contribution in [0.15, 0.2) is 12.3 Å². The van der Waals surface area contributed by atoms with Crippen LogP contribution in [0, 0.1) is 16.7 Å². The van der Waals surface area contributed by atoms with Gasteiger partial charge in [0.15, 0.2) is 6.29 Å². The number of nitrogens with zero attached hydrogens (tertiary/aromatic N) is 2. The summed E-state index contributed by atoms with van der Waals surface area (Å²) in [5.74, 6) is 0.616. The van der Waals surface area contributed by atoms with E-state index in [9.17, 15) is 4.79 Å². The van der Waals surface area contributed by atoms with Gasteiger partial charge in [-0.3, -0.25) is 5.32 Å². The summed E-state index contributed by atoms with van der Waals surface area (Å²) >= 11 is 0. The van der Waals surface area contributed by atoms with E-state index in [1.165, 1.54) is 0 Å². The van der Waals surface area contributed by atoms with Gasteiger partial charge in [-0.1, -0.05) is 20.3 Å². The van der Waals surface area contributed by atoms with Crippen LogP contribution in [0.4, 0.5) is 10.6 Å². The predicted octanol–water partition coefficient (Wildman–Crippen LogP) is 4.20. The van der Waals surface area contributed by atoms with Crippen molar-refractivity contribution in [1.29, 1.82) is 5.26 Å². The summed E-state index contributed by atoms with van der Waals surface area (Å²) in [5, 5.41) is 14.9. The molecule has 7 nitrogen and oxygen atoms in total. The molecule has 2 N–H and O–H groups in total. The third-order valence-electron chi connectivity index (χ3n) is 5.14. The van der Waals surface area contributed by atoms with Crippen molar-refractivity contribution in [2.75, 3.05) is 25.1 Å². The molecule has 1 aliphatic heterocycles. The van der Waals surface area contributed by atoms with Crippen LogP contribution in [0.3, 0.4) is 0 Å². The number of nitrogens with one attached hydrogen (secondary N) is 2. The summed E-state index contributed by atoms with van der Waals surface area (Å²) in [6, 6.07) is 3.55. The molecule has 1 aromatic heterocycles. The normalized spacial score (nSPS) is 17.1. The molecular formula is C21H34N4O3. The van der Waals surface area contributed by atoms with E-state index < -0.39 is 0 Å². The molecule has 1 aliphatic rings. The summed E-state index contributed by atoms with van der Waals surface area (Å²) in [6.45, 7) is 12.3. The quantitative estimate of drug-likeness (QED) is 0.651. The number of carbonyl (C=O) groups excluding carboxylic acids is 1. The van der Waals surface area contributed by atoms with Gasteiger partial charge in [0.1, 0.15) is 11.9 Å². The van der Waals surface area contributed by atoms with Gasteiger partial charge in [-0.05, 0) is 46.1 Å². The lowest BCUT2D eigenvalue weighted by Crippen LogP contribution is -2.36. The van der Waals surface area contributed by atoms with E-state index in [2.05, 4.69) is 30.6 Å². The molecule has 2 rings (SSSR count). The minimum Gasteiger partial charge on any atom is -0.350 e. The van der Waals surface area contributed by atoms with Crippen LogP contribution >= 0.6 is 0 Å². The monoisotopic (exact) mass is 390 g/mol. The molecule has 156 valence electrons. The Labute approximate surface area is 168 Å². The Morgan fingerprint density at radius 2 is 1.96 bits per heavy atom. The molecule has 0 spiro atoms. The zero-order valence-electron chi connectivity index (χ0n) is 17.8. The molecule has 0 radical (unpaired) electrons. The van der Waals surface area contributed by atoms with Gasteiger partial charge in [0, 0.05) is 23.7 Å². The number of rotatable bonds is 8. The first-order chi connectivity index (χ1) is 13.2. The number of aromatic nitrogens is 1. The Morgan fingerprint density at radius 1 is 1.29 bits per heavy atom. The van der Waals surface area contributed by atoms with Gasteiger partial charge in [0.25, 0.3) is 0 Å². The lowest BCUT2D eigenvalue weighted by Gasteiger charge is -2.34. The van der Waals surface area contributed by atoms with Crippen LogP contribution in [0.2, 0.25) is 0 Å². The van der Waals surface area contributed by atoms with E-state index >= 15 is 0 Å². The fourth-order valence-corrected chi connectivity index (χ4v) is 3.72. The second-order valence-electron chi connectivity index (χ2n) is 8.73. The number of carbonyl (C=O) groups is 1. The summed E-state index contributed by atoms with van der Waals surface area (Å²) in [6.07, 6.45) is 5.46. The average molecular weight is 391 g/mol. The van der Waals surface area contributed by atoms with E-state index in [1.807, 2.05) is 25.3 Å². The second kappa shape index (κ2) is 9.44. The van der Waals surface area contributed by atoms with Crippen LogP contribution in [0.1, 0.15) is 65.9 Å². The molecule has 1 saturated heterocycles. The minimum atomic E-state index is -0.265. The van der Waals surface area contributed by atoms with Crippen molar-refractivity contribution in [3.63, 3.8) is 0 Å². The molecule has 1 aromatic rings. The van der Waals surface area contributed by atoms with Crippen LogP contribution in [-0.4, -0.2) is 36.6 Å². The Kier molecular flexibility index (Phi) is 7.50. The highest BCUT2D eigenvalue weighted by Crippen LogP contribution is 2.37. The smallest absolute Gasteiger partial charge is 0.320 e. The molecule has 0 bridgehead atoms. The Balaban J connectivity index is 1.86. The molecule has 7 heteroatoms. The molecule has 28 heavy (non-hydrogen) atoms. The number of ether oxygens (including phenoxy) is 2. The first-order valence-electron chi connectivity index (χ1n) is 10.1. The summed E-state index contributed by atoms with van der Waals surface area (Å²) in [4.78, 5) is 12.3. The zero-order valence-corrected chi connectivity index (χ0v) is 17.8. The highest BCUT2D eigenvalue weighted by Gasteiger charge is 2.37. The first-order valence-corrected chi connectivity index (χ1v) is 10.1. The van der Waals surface area contributed by atoms with E-state index in [4.69, 9.17) is 14.7 Å². The predicted molar refractivity (Wildman–Crippen MR) is 109 cm³/mol. The van der Waals surface area contributed by atoms with E-state index in [1.54, 1.807) is 12.3 Å². The molecule has 0 aliphatic carbocycles. The van der Waals surface area contributed by atoms with E-state index in [-0.39, 0.29) is 23.3 Å². The molecule has 0 aromatic carbocycles. The van der Waals surface area contributed by atoms with Gasteiger partial charge in [0.2, 0.25) is 0 Å². The maximum absolute atomic E-state index is 12.3. The molecular weight excluding hydrogens is 356 g/mol. The van der Waals surface area contributed by atoms with Crippen LogP contribution in [0.5, 0.6) is 0 Å². The lowest BCUT2D eigenvalue weighted by molar-refractivity contribution is -0.133. The van der Waals surface area contributed by atoms with Gasteiger partial charge in [-0.15, -0.1) is 0 Å². The number of amides is 2. The van der Waals surface area contributed by atoms with Gasteiger partial charge in [-0.2, -0.15) is 5.26 Å². The summed E-state index contributed by atoms with van der Waals surface area (Å²) in [7, 11) is 0. The summed E-state index contributed by atoms with van der Waals surface area (Å²) in [5.41, 5.74) is 0.254. The number of urea groups is 1. The van der Waals surface area contributed by atoms with Crippen molar-refractivity contribution >= 4 is 11.8 Å². The molecule has 0 unspecified atom stereocenters. The molecule has 2 amide bonds. The number of nitriles is 1. The van der Waals surface area contributed by atoms with Crippen molar-refractivity contribution in [1.82, 2.24) is 9.88 Å². The molecule has 2 heterocycles. The van der Waals surface area contributed by atoms with Crippen LogP contribution in [0.25, 0.3) is 0 Å². The maximum atomic E-state index is 12.3. The maximum Gasteiger partial charge on any atom is 0.320 e.